The van der Waals surface area contributed by atoms with Gasteiger partial charge in [0.1, 0.15) is 17.1 Å². The number of hydrogen-bond donors (Lipinski definition) is 1. The molecule has 3 rings (SSSR count). The molecule has 1 atom stereocenters. The number of anilines is 1. The van der Waals surface area contributed by atoms with Crippen LogP contribution >= 0.6 is 11.6 Å². The van der Waals surface area contributed by atoms with E-state index in [2.05, 4.69) is 10.00 Å². The largest absolute Gasteiger partial charge is 0.314 e. The zero-order chi connectivity index (χ0) is 9.71. The third-order valence-corrected chi connectivity index (χ3v) is 2.94. The van der Waals surface area contributed by atoms with E-state index in [0.717, 1.165) is 11.0 Å². The topological polar surface area (TPSA) is 47.1 Å². The zero-order valence-electron chi connectivity index (χ0n) is 7.60. The summed E-state index contributed by atoms with van der Waals surface area (Å²) in [6, 6.07) is 2.50. The predicted molar refractivity (Wildman–Crippen MR) is 54.9 cm³/mol. The van der Waals surface area contributed by atoms with Crippen molar-refractivity contribution >= 4 is 17.4 Å². The fourth-order valence-electron chi connectivity index (χ4n) is 1.82. The second-order valence-electron chi connectivity index (χ2n) is 3.72. The lowest BCUT2D eigenvalue weighted by atomic mass is 10.3. The van der Waals surface area contributed by atoms with Gasteiger partial charge in [-0.15, -0.1) is 0 Å². The number of nitrogens with two attached hydrogens (primary N) is 1. The van der Waals surface area contributed by atoms with Crippen LogP contribution in [0.1, 0.15) is 19.0 Å². The molecule has 1 aliphatic carbocycles. The highest BCUT2D eigenvalue weighted by molar-refractivity contribution is 6.31. The molecule has 2 aliphatic rings. The molecule has 2 N–H and O–H groups in total. The van der Waals surface area contributed by atoms with Gasteiger partial charge in [-0.3, -0.25) is 0 Å². The maximum Gasteiger partial charge on any atom is 0.134 e. The molecule has 0 bridgehead atoms. The Hall–Kier alpha value is -1.00. The molecule has 1 aromatic rings. The van der Waals surface area contributed by atoms with E-state index in [1.54, 1.807) is 10.9 Å². The predicted octanol–water partition coefficient (Wildman–Crippen LogP) is 1.40. The first kappa shape index (κ1) is 8.32. The van der Waals surface area contributed by atoms with E-state index in [4.69, 9.17) is 17.3 Å². The summed E-state index contributed by atoms with van der Waals surface area (Å²) >= 11 is 6.16. The highest BCUT2D eigenvalue weighted by Gasteiger charge is 2.35. The average molecular weight is 211 g/mol. The summed E-state index contributed by atoms with van der Waals surface area (Å²) < 4.78 is 1.80. The van der Waals surface area contributed by atoms with E-state index in [-0.39, 0.29) is 6.17 Å². The average Bonchev–Trinajstić information content (AvgIpc) is 2.81. The highest BCUT2D eigenvalue weighted by Crippen LogP contribution is 2.39. The Morgan fingerprint density at radius 3 is 3.00 bits per heavy atom. The van der Waals surface area contributed by atoms with E-state index in [9.17, 15) is 0 Å². The van der Waals surface area contributed by atoms with Crippen molar-refractivity contribution in [3.8, 4) is 0 Å². The van der Waals surface area contributed by atoms with Gasteiger partial charge in [0.2, 0.25) is 0 Å². The molecule has 5 heteroatoms. The van der Waals surface area contributed by atoms with Crippen LogP contribution in [0.2, 0.25) is 0 Å². The molecule has 0 saturated heterocycles. The van der Waals surface area contributed by atoms with Crippen LogP contribution in [0.3, 0.4) is 0 Å². The van der Waals surface area contributed by atoms with Crippen LogP contribution in [0.15, 0.2) is 23.5 Å². The Labute approximate surface area is 86.9 Å². The van der Waals surface area contributed by atoms with E-state index < -0.39 is 0 Å². The van der Waals surface area contributed by atoms with Crippen LogP contribution in [0, 0.1) is 0 Å². The van der Waals surface area contributed by atoms with Crippen molar-refractivity contribution in [1.29, 1.82) is 0 Å². The number of rotatable bonds is 1. The monoisotopic (exact) mass is 210 g/mol. The Balaban J connectivity index is 2.08. The first-order valence-electron chi connectivity index (χ1n) is 4.73. The second-order valence-corrected chi connectivity index (χ2v) is 4.10. The Morgan fingerprint density at radius 2 is 2.29 bits per heavy atom. The second kappa shape index (κ2) is 2.74. The van der Waals surface area contributed by atoms with Crippen LogP contribution in [-0.2, 0) is 0 Å². The summed E-state index contributed by atoms with van der Waals surface area (Å²) in [5.74, 6) is 1.01. The van der Waals surface area contributed by atoms with Crippen molar-refractivity contribution in [2.45, 2.75) is 25.0 Å². The van der Waals surface area contributed by atoms with Gasteiger partial charge in [-0.1, -0.05) is 11.6 Å². The summed E-state index contributed by atoms with van der Waals surface area (Å²) in [6.07, 6.45) is 5.76. The molecule has 1 aliphatic heterocycles. The fourth-order valence-corrected chi connectivity index (χ4v) is 2.18. The van der Waals surface area contributed by atoms with Gasteiger partial charge < -0.3 is 10.6 Å². The van der Waals surface area contributed by atoms with Crippen LogP contribution in [0.25, 0.3) is 0 Å². The Kier molecular flexibility index (Phi) is 1.63. The lowest BCUT2D eigenvalue weighted by Gasteiger charge is -2.30. The number of aromatic nitrogens is 2. The molecule has 1 aromatic heterocycles. The zero-order valence-corrected chi connectivity index (χ0v) is 8.35. The molecule has 1 unspecified atom stereocenters. The molecule has 14 heavy (non-hydrogen) atoms. The quantitative estimate of drug-likeness (QED) is 0.713. The van der Waals surface area contributed by atoms with Crippen molar-refractivity contribution in [3.05, 3.63) is 23.5 Å². The maximum absolute atomic E-state index is 6.16. The van der Waals surface area contributed by atoms with Gasteiger partial charge >= 0.3 is 0 Å². The minimum absolute atomic E-state index is 0.234. The van der Waals surface area contributed by atoms with Crippen LogP contribution < -0.4 is 10.6 Å². The summed E-state index contributed by atoms with van der Waals surface area (Å²) in [5, 5.41) is 4.91. The van der Waals surface area contributed by atoms with Gasteiger partial charge in [0.15, 0.2) is 0 Å². The van der Waals surface area contributed by atoms with Gasteiger partial charge in [0, 0.05) is 12.1 Å². The van der Waals surface area contributed by atoms with E-state index in [0.29, 0.717) is 6.04 Å². The SMILES string of the molecule is NC1C=C(Cl)N(C2CC2)c2ccnn21. The van der Waals surface area contributed by atoms with E-state index in [1.807, 2.05) is 12.1 Å². The third kappa shape index (κ3) is 1.07. The molecule has 2 heterocycles. The van der Waals surface area contributed by atoms with Gasteiger partial charge in [-0.2, -0.15) is 5.10 Å². The molecule has 0 aromatic carbocycles. The lowest BCUT2D eigenvalue weighted by molar-refractivity contribution is 0.537. The lowest BCUT2D eigenvalue weighted by Crippen LogP contribution is -2.33. The standard InChI is InChI=1S/C9H11ClN4/c10-7-5-8(11)14-9(3-4-12-14)13(7)6-1-2-6/h3-6,8H,1-2,11H2. The van der Waals surface area contributed by atoms with E-state index in [1.165, 1.54) is 12.8 Å². The first-order chi connectivity index (χ1) is 6.77. The maximum atomic E-state index is 6.16. The molecule has 1 fully saturated rings. The summed E-state index contributed by atoms with van der Waals surface area (Å²) in [7, 11) is 0. The van der Waals surface area contributed by atoms with E-state index >= 15 is 0 Å². The van der Waals surface area contributed by atoms with Gasteiger partial charge in [0.25, 0.3) is 0 Å². The summed E-state index contributed by atoms with van der Waals surface area (Å²) in [4.78, 5) is 2.11. The molecule has 4 nitrogen and oxygen atoms in total. The van der Waals surface area contributed by atoms with Gasteiger partial charge in [-0.25, -0.2) is 4.68 Å². The first-order valence-corrected chi connectivity index (χ1v) is 5.11. The Bertz CT molecular complexity index is 393. The smallest absolute Gasteiger partial charge is 0.134 e. The minimum Gasteiger partial charge on any atom is -0.314 e. The normalized spacial score (nSPS) is 26.0. The van der Waals surface area contributed by atoms with Crippen molar-refractivity contribution in [2.75, 3.05) is 4.90 Å². The molecular weight excluding hydrogens is 200 g/mol. The number of fused-ring (bicyclic) bond motifs is 1. The summed E-state index contributed by atoms with van der Waals surface area (Å²) in [6.45, 7) is 0. The molecule has 0 radical (unpaired) electrons. The minimum atomic E-state index is -0.234. The van der Waals surface area contributed by atoms with Gasteiger partial charge in [0.05, 0.1) is 6.20 Å². The van der Waals surface area contributed by atoms with Crippen LogP contribution in [-0.4, -0.2) is 15.8 Å². The molecule has 0 amide bonds. The summed E-state index contributed by atoms with van der Waals surface area (Å²) in [5.41, 5.74) is 5.88. The Morgan fingerprint density at radius 1 is 1.50 bits per heavy atom. The number of nitrogens with zero attached hydrogens (tertiary/aromatic N) is 3. The molecular formula is C9H11ClN4. The molecule has 1 saturated carbocycles. The van der Waals surface area contributed by atoms with Crippen molar-refractivity contribution in [1.82, 2.24) is 9.78 Å². The van der Waals surface area contributed by atoms with Crippen LogP contribution in [0.5, 0.6) is 0 Å². The molecule has 0 spiro atoms. The number of hydrogen-bond acceptors (Lipinski definition) is 3. The highest BCUT2D eigenvalue weighted by atomic mass is 35.5. The van der Waals surface area contributed by atoms with Gasteiger partial charge in [-0.05, 0) is 18.9 Å². The van der Waals surface area contributed by atoms with Crippen molar-refractivity contribution in [3.63, 3.8) is 0 Å². The van der Waals surface area contributed by atoms with Crippen LogP contribution in [0.4, 0.5) is 5.82 Å². The van der Waals surface area contributed by atoms with Crippen molar-refractivity contribution in [2.24, 2.45) is 5.73 Å². The number of halogens is 1. The third-order valence-electron chi connectivity index (χ3n) is 2.63. The van der Waals surface area contributed by atoms with Crippen molar-refractivity contribution < 1.29 is 0 Å². The fraction of sp³-hybridized carbons (Fsp3) is 0.444. The molecule has 74 valence electrons.